The van der Waals surface area contributed by atoms with Gasteiger partial charge in [0.2, 0.25) is 12.3 Å². The molecule has 0 spiro atoms. The summed E-state index contributed by atoms with van der Waals surface area (Å²) >= 11 is 0. The molecule has 1 heterocycles. The zero-order chi connectivity index (χ0) is 34.9. The van der Waals surface area contributed by atoms with E-state index < -0.39 is 29.8 Å². The molecule has 3 amide bonds. The molecule has 48 heavy (non-hydrogen) atoms. The van der Waals surface area contributed by atoms with Crippen LogP contribution in [-0.2, 0) is 35.3 Å². The number of hydrogen-bond donors (Lipinski definition) is 2. The van der Waals surface area contributed by atoms with Crippen molar-refractivity contribution in [3.8, 4) is 17.1 Å². The zero-order valence-corrected chi connectivity index (χ0v) is 27.7. The Balaban J connectivity index is 1.67. The van der Waals surface area contributed by atoms with E-state index in [0.717, 1.165) is 24.8 Å². The number of ether oxygens (including phenoxy) is 3. The van der Waals surface area contributed by atoms with Crippen molar-refractivity contribution in [3.63, 3.8) is 0 Å². The number of hydrogen-bond acceptors (Lipinski definition) is 10. The molecule has 0 saturated heterocycles. The minimum absolute atomic E-state index is 0.0490. The van der Waals surface area contributed by atoms with E-state index in [0.29, 0.717) is 24.8 Å². The maximum absolute atomic E-state index is 13.4. The van der Waals surface area contributed by atoms with Crippen molar-refractivity contribution < 1.29 is 47.4 Å². The zero-order valence-electron chi connectivity index (χ0n) is 27.7. The van der Waals surface area contributed by atoms with Gasteiger partial charge in [-0.2, -0.15) is 0 Å². The van der Waals surface area contributed by atoms with E-state index in [2.05, 4.69) is 22.3 Å². The van der Waals surface area contributed by atoms with E-state index in [4.69, 9.17) is 18.7 Å². The van der Waals surface area contributed by atoms with E-state index in [-0.39, 0.29) is 48.6 Å². The van der Waals surface area contributed by atoms with Crippen LogP contribution in [0.15, 0.2) is 65.1 Å². The first-order valence-electron chi connectivity index (χ1n) is 15.7. The number of furan rings is 1. The van der Waals surface area contributed by atoms with Gasteiger partial charge in [0.1, 0.15) is 18.1 Å². The molecular weight excluding hydrogens is 622 g/mol. The average molecular weight is 666 g/mol. The molecule has 258 valence electrons. The fourth-order valence-electron chi connectivity index (χ4n) is 4.99. The van der Waals surface area contributed by atoms with Crippen molar-refractivity contribution in [1.29, 1.82) is 0 Å². The van der Waals surface area contributed by atoms with Crippen LogP contribution in [0, 0.1) is 5.92 Å². The van der Waals surface area contributed by atoms with Crippen LogP contribution >= 0.6 is 0 Å². The van der Waals surface area contributed by atoms with E-state index in [1.54, 1.807) is 0 Å². The Morgan fingerprint density at radius 2 is 1.71 bits per heavy atom. The molecule has 0 bridgehead atoms. The minimum atomic E-state index is -0.641. The van der Waals surface area contributed by atoms with E-state index in [1.807, 2.05) is 37.3 Å². The molecule has 13 nitrogen and oxygen atoms in total. The molecule has 0 saturated carbocycles. The molecule has 0 aliphatic carbocycles. The van der Waals surface area contributed by atoms with Crippen LogP contribution in [-0.4, -0.2) is 68.8 Å². The Morgan fingerprint density at radius 3 is 2.38 bits per heavy atom. The number of esters is 2. The summed E-state index contributed by atoms with van der Waals surface area (Å²) in [4.78, 5) is 68.0. The molecule has 0 fully saturated rings. The molecule has 2 aromatic carbocycles. The number of unbranched alkanes of at least 4 members (excludes halogenated alkanes) is 2. The third kappa shape index (κ3) is 11.0. The van der Waals surface area contributed by atoms with Crippen molar-refractivity contribution in [2.75, 3.05) is 27.5 Å². The normalized spacial score (nSPS) is 11.9. The Kier molecular flexibility index (Phi) is 15.1. The second kappa shape index (κ2) is 19.5. The first-order valence-corrected chi connectivity index (χ1v) is 15.7. The van der Waals surface area contributed by atoms with Crippen LogP contribution in [0.2, 0.25) is 0 Å². The molecule has 2 unspecified atom stereocenters. The van der Waals surface area contributed by atoms with Crippen LogP contribution < -0.4 is 15.4 Å². The van der Waals surface area contributed by atoms with Gasteiger partial charge in [0.25, 0.3) is 5.91 Å². The number of benzene rings is 2. The van der Waals surface area contributed by atoms with Gasteiger partial charge in [0, 0.05) is 5.56 Å². The molecule has 0 radical (unpaired) electrons. The summed E-state index contributed by atoms with van der Waals surface area (Å²) in [5, 5.41) is 6.60. The summed E-state index contributed by atoms with van der Waals surface area (Å²) in [6.45, 7) is 3.55. The molecule has 3 aromatic rings. The molecule has 2 atom stereocenters. The van der Waals surface area contributed by atoms with Gasteiger partial charge in [0.15, 0.2) is 12.4 Å². The van der Waals surface area contributed by atoms with Crippen LogP contribution in [0.1, 0.15) is 72.4 Å². The fraction of sp³-hybridized carbons (Fsp3) is 0.400. The lowest BCUT2D eigenvalue weighted by molar-refractivity contribution is -0.200. The van der Waals surface area contributed by atoms with E-state index >= 15 is 0 Å². The number of rotatable bonds is 20. The van der Waals surface area contributed by atoms with Crippen LogP contribution in [0.3, 0.4) is 0 Å². The monoisotopic (exact) mass is 665 g/mol. The lowest BCUT2D eigenvalue weighted by atomic mass is 9.90. The number of nitrogens with one attached hydrogen (secondary N) is 2. The summed E-state index contributed by atoms with van der Waals surface area (Å²) in [5.74, 6) is -2.38. The second-order valence-electron chi connectivity index (χ2n) is 10.8. The largest absolute Gasteiger partial charge is 0.482 e. The third-order valence-electron chi connectivity index (χ3n) is 7.53. The first kappa shape index (κ1) is 37.3. The third-order valence-corrected chi connectivity index (χ3v) is 7.53. The van der Waals surface area contributed by atoms with Crippen molar-refractivity contribution in [1.82, 2.24) is 15.7 Å². The Morgan fingerprint density at radius 1 is 0.938 bits per heavy atom. The minimum Gasteiger partial charge on any atom is -0.482 e. The maximum Gasteiger partial charge on any atom is 0.343 e. The molecular formula is C35H43N3O10. The van der Waals surface area contributed by atoms with Gasteiger partial charge in [-0.15, -0.1) is 0 Å². The van der Waals surface area contributed by atoms with Crippen molar-refractivity contribution in [2.45, 2.75) is 58.6 Å². The van der Waals surface area contributed by atoms with Gasteiger partial charge in [-0.3, -0.25) is 19.2 Å². The van der Waals surface area contributed by atoms with Gasteiger partial charge in [-0.25, -0.2) is 14.7 Å². The molecule has 0 aliphatic heterocycles. The van der Waals surface area contributed by atoms with Crippen molar-refractivity contribution in [3.05, 3.63) is 77.6 Å². The summed E-state index contributed by atoms with van der Waals surface area (Å²) in [5.41, 5.74) is 1.41. The highest BCUT2D eigenvalue weighted by molar-refractivity contribution is 5.93. The van der Waals surface area contributed by atoms with Crippen molar-refractivity contribution >= 4 is 30.2 Å². The number of carbonyl (C=O) groups excluding carboxylic acids is 5. The molecule has 2 N–H and O–H groups in total. The lowest BCUT2D eigenvalue weighted by Gasteiger charge is -2.32. The summed E-state index contributed by atoms with van der Waals surface area (Å²) in [6.07, 6.45) is 4.27. The summed E-state index contributed by atoms with van der Waals surface area (Å²) < 4.78 is 20.6. The highest BCUT2D eigenvalue weighted by Gasteiger charge is 2.32. The number of methoxy groups -OCH3 is 2. The molecule has 13 heteroatoms. The Bertz CT molecular complexity index is 1510. The number of hydroxylamine groups is 2. The molecule has 0 aliphatic rings. The number of nitrogens with zero attached hydrogens (tertiary/aromatic N) is 1. The highest BCUT2D eigenvalue weighted by Crippen LogP contribution is 2.29. The van der Waals surface area contributed by atoms with E-state index in [9.17, 15) is 24.0 Å². The first-order chi connectivity index (χ1) is 23.2. The van der Waals surface area contributed by atoms with Crippen LogP contribution in [0.25, 0.3) is 11.3 Å². The van der Waals surface area contributed by atoms with E-state index in [1.165, 1.54) is 49.6 Å². The van der Waals surface area contributed by atoms with Crippen LogP contribution in [0.4, 0.5) is 0 Å². The summed E-state index contributed by atoms with van der Waals surface area (Å²) in [7, 11) is 2.45. The van der Waals surface area contributed by atoms with Gasteiger partial charge in [-0.1, -0.05) is 63.4 Å². The second-order valence-corrected chi connectivity index (χ2v) is 10.8. The molecule has 1 aromatic heterocycles. The SMILES string of the molecule is CCCCCC(C(=O)NCNC(=O)c1ccc(-c2cc(OCC(=O)OC)cc(C(=O)OC)c2)o1)C(CC)N(C=O)OCc1ccccc1. The Hall–Kier alpha value is -5.17. The highest BCUT2D eigenvalue weighted by atomic mass is 16.7. The van der Waals surface area contributed by atoms with Crippen molar-refractivity contribution in [2.24, 2.45) is 5.92 Å². The van der Waals surface area contributed by atoms with Crippen LogP contribution in [0.5, 0.6) is 5.75 Å². The predicted octanol–water partition coefficient (Wildman–Crippen LogP) is 4.65. The quantitative estimate of drug-likeness (QED) is 0.0571. The fourth-order valence-corrected chi connectivity index (χ4v) is 4.99. The summed E-state index contributed by atoms with van der Waals surface area (Å²) in [6, 6.07) is 16.3. The predicted molar refractivity (Wildman–Crippen MR) is 174 cm³/mol. The number of carbonyl (C=O) groups is 5. The smallest absolute Gasteiger partial charge is 0.343 e. The Labute approximate surface area is 279 Å². The standard InChI is InChI=1S/C35H43N3O10/c1-5-7-9-14-28(29(6-2)38(23-39)47-20-24-12-10-8-11-13-24)33(41)36-22-37-34(42)31-16-15-30(48-31)25-17-26(35(43)45-4)19-27(18-25)46-21-32(40)44-3/h8,10-13,15-19,23,28-29H,5-7,9,14,20-22H2,1-4H3,(H,36,41)(H,37,42). The van der Waals surface area contributed by atoms with Gasteiger partial charge in [-0.05, 0) is 48.7 Å². The lowest BCUT2D eigenvalue weighted by Crippen LogP contribution is -2.48. The topological polar surface area (TPSA) is 163 Å². The van der Waals surface area contributed by atoms with Gasteiger partial charge in [0.05, 0.1) is 38.4 Å². The maximum atomic E-state index is 13.4. The number of amides is 3. The molecule has 3 rings (SSSR count). The van der Waals surface area contributed by atoms with Gasteiger partial charge < -0.3 is 29.3 Å². The average Bonchev–Trinajstić information content (AvgIpc) is 3.62. The van der Waals surface area contributed by atoms with Gasteiger partial charge >= 0.3 is 11.9 Å².